The number of carbonyl (C=O) groups excluding carboxylic acids is 1. The number of nitrogens with zero attached hydrogens (tertiary/aromatic N) is 1. The molecular formula is C15H18BrNO4. The third-order valence-electron chi connectivity index (χ3n) is 3.56. The van der Waals surface area contributed by atoms with E-state index in [2.05, 4.69) is 15.9 Å². The molecule has 0 aliphatic carbocycles. The van der Waals surface area contributed by atoms with Crippen LogP contribution in [0.4, 0.5) is 0 Å². The molecule has 1 aliphatic rings. The van der Waals surface area contributed by atoms with Gasteiger partial charge in [-0.15, -0.1) is 0 Å². The van der Waals surface area contributed by atoms with Crippen LogP contribution in [0.15, 0.2) is 22.7 Å². The van der Waals surface area contributed by atoms with Crippen molar-refractivity contribution in [3.63, 3.8) is 0 Å². The molecule has 0 spiro atoms. The molecule has 114 valence electrons. The van der Waals surface area contributed by atoms with Crippen LogP contribution in [-0.2, 0) is 14.3 Å². The number of hydrogen-bond acceptors (Lipinski definition) is 3. The molecule has 1 fully saturated rings. The molecule has 2 rings (SSSR count). The van der Waals surface area contributed by atoms with Crippen LogP contribution in [-0.4, -0.2) is 41.1 Å². The predicted molar refractivity (Wildman–Crippen MR) is 81.0 cm³/mol. The minimum Gasteiger partial charge on any atom is -0.479 e. The number of aliphatic carboxylic acids is 1. The zero-order valence-electron chi connectivity index (χ0n) is 12.0. The van der Waals surface area contributed by atoms with Crippen molar-refractivity contribution in [2.45, 2.75) is 32.4 Å². The maximum Gasteiger partial charge on any atom is 0.335 e. The van der Waals surface area contributed by atoms with Gasteiger partial charge >= 0.3 is 5.97 Å². The number of rotatable bonds is 4. The van der Waals surface area contributed by atoms with E-state index in [1.807, 2.05) is 32.0 Å². The van der Waals surface area contributed by atoms with Gasteiger partial charge in [0.1, 0.15) is 6.61 Å². The smallest absolute Gasteiger partial charge is 0.335 e. The van der Waals surface area contributed by atoms with Gasteiger partial charge in [0.25, 0.3) is 0 Å². The normalized spacial score (nSPS) is 22.4. The van der Waals surface area contributed by atoms with E-state index in [4.69, 9.17) is 4.74 Å². The molecule has 1 heterocycles. The summed E-state index contributed by atoms with van der Waals surface area (Å²) in [6.45, 7) is 4.23. The van der Waals surface area contributed by atoms with Gasteiger partial charge in [-0.3, -0.25) is 4.79 Å². The molecule has 21 heavy (non-hydrogen) atoms. The van der Waals surface area contributed by atoms with Gasteiger partial charge in [0.15, 0.2) is 6.10 Å². The second-order valence-corrected chi connectivity index (χ2v) is 5.96. The fourth-order valence-corrected chi connectivity index (χ4v) is 2.82. The van der Waals surface area contributed by atoms with E-state index in [9.17, 15) is 14.7 Å². The molecule has 1 aromatic carbocycles. The van der Waals surface area contributed by atoms with E-state index in [0.717, 1.165) is 22.0 Å². The summed E-state index contributed by atoms with van der Waals surface area (Å²) in [4.78, 5) is 25.2. The molecule has 1 saturated heterocycles. The number of carboxylic acids is 1. The lowest BCUT2D eigenvalue weighted by atomic mass is 9.96. The second kappa shape index (κ2) is 6.58. The Morgan fingerprint density at radius 3 is 2.81 bits per heavy atom. The van der Waals surface area contributed by atoms with E-state index in [1.165, 1.54) is 0 Å². The highest BCUT2D eigenvalue weighted by molar-refractivity contribution is 9.10. The molecule has 0 saturated carbocycles. The summed E-state index contributed by atoms with van der Waals surface area (Å²) in [5.41, 5.74) is 1.77. The van der Waals surface area contributed by atoms with Gasteiger partial charge in [-0.2, -0.15) is 0 Å². The Labute approximate surface area is 132 Å². The minimum absolute atomic E-state index is 0.167. The average molecular weight is 356 g/mol. The first kappa shape index (κ1) is 16.0. The number of carboxylic acid groups (broad SMARTS) is 1. The molecule has 2 unspecified atom stereocenters. The summed E-state index contributed by atoms with van der Waals surface area (Å²) in [6, 6.07) is 5.01. The summed E-state index contributed by atoms with van der Waals surface area (Å²) in [5.74, 6) is -1.21. The molecule has 1 aromatic rings. The van der Waals surface area contributed by atoms with Crippen molar-refractivity contribution in [1.29, 1.82) is 0 Å². The van der Waals surface area contributed by atoms with E-state index < -0.39 is 18.1 Å². The number of halogens is 1. The van der Waals surface area contributed by atoms with E-state index in [1.54, 1.807) is 4.90 Å². The van der Waals surface area contributed by atoms with Crippen molar-refractivity contribution in [3.05, 3.63) is 33.8 Å². The fraction of sp³-hybridized carbons (Fsp3) is 0.467. The first-order valence-corrected chi connectivity index (χ1v) is 7.65. The Kier molecular flexibility index (Phi) is 5.00. The van der Waals surface area contributed by atoms with Crippen molar-refractivity contribution in [2.75, 3.05) is 13.2 Å². The highest BCUT2D eigenvalue weighted by Crippen LogP contribution is 2.32. The van der Waals surface area contributed by atoms with Crippen molar-refractivity contribution in [2.24, 2.45) is 0 Å². The van der Waals surface area contributed by atoms with Crippen LogP contribution < -0.4 is 0 Å². The molecule has 0 bridgehead atoms. The van der Waals surface area contributed by atoms with Crippen LogP contribution in [0.2, 0.25) is 0 Å². The van der Waals surface area contributed by atoms with Gasteiger partial charge in [-0.05, 0) is 30.5 Å². The molecule has 0 radical (unpaired) electrons. The number of morpholine rings is 1. The third-order valence-corrected chi connectivity index (χ3v) is 4.45. The molecule has 1 N–H and O–H groups in total. The summed E-state index contributed by atoms with van der Waals surface area (Å²) in [5, 5.41) is 9.39. The zero-order chi connectivity index (χ0) is 15.6. The number of hydrogen-bond donors (Lipinski definition) is 1. The van der Waals surface area contributed by atoms with Crippen LogP contribution in [0.1, 0.15) is 30.5 Å². The summed E-state index contributed by atoms with van der Waals surface area (Å²) in [7, 11) is 0. The van der Waals surface area contributed by atoms with E-state index >= 15 is 0 Å². The van der Waals surface area contributed by atoms with Crippen molar-refractivity contribution < 1.29 is 19.4 Å². The first-order valence-electron chi connectivity index (χ1n) is 6.85. The maximum absolute atomic E-state index is 12.1. The molecule has 2 atom stereocenters. The predicted octanol–water partition coefficient (Wildman–Crippen LogP) is 2.52. The van der Waals surface area contributed by atoms with E-state index in [-0.39, 0.29) is 12.5 Å². The van der Waals surface area contributed by atoms with Crippen LogP contribution >= 0.6 is 15.9 Å². The monoisotopic (exact) mass is 355 g/mol. The molecule has 5 nitrogen and oxygen atoms in total. The molecule has 1 aliphatic heterocycles. The number of benzene rings is 1. The van der Waals surface area contributed by atoms with Crippen LogP contribution in [0.3, 0.4) is 0 Å². The summed E-state index contributed by atoms with van der Waals surface area (Å²) < 4.78 is 6.21. The van der Waals surface area contributed by atoms with Crippen molar-refractivity contribution in [3.8, 4) is 0 Å². The highest BCUT2D eigenvalue weighted by atomic mass is 79.9. The summed E-state index contributed by atoms with van der Waals surface area (Å²) >= 11 is 3.43. The SMILES string of the molecule is CCCN1C(=O)COC(C(=O)O)C1c1ccc(Br)c(C)c1. The number of carbonyl (C=O) groups is 2. The van der Waals surface area contributed by atoms with Crippen LogP contribution in [0.25, 0.3) is 0 Å². The van der Waals surface area contributed by atoms with Gasteiger partial charge in [-0.25, -0.2) is 4.79 Å². The number of amides is 1. The van der Waals surface area contributed by atoms with Gasteiger partial charge in [0, 0.05) is 11.0 Å². The van der Waals surface area contributed by atoms with Gasteiger partial charge in [0.05, 0.1) is 6.04 Å². The zero-order valence-corrected chi connectivity index (χ0v) is 13.6. The van der Waals surface area contributed by atoms with Crippen molar-refractivity contribution >= 4 is 27.8 Å². The molecule has 6 heteroatoms. The van der Waals surface area contributed by atoms with Gasteiger partial charge in [0.2, 0.25) is 5.91 Å². The Bertz CT molecular complexity index is 561. The van der Waals surface area contributed by atoms with Gasteiger partial charge < -0.3 is 14.7 Å². The second-order valence-electron chi connectivity index (χ2n) is 5.11. The van der Waals surface area contributed by atoms with Crippen molar-refractivity contribution in [1.82, 2.24) is 4.90 Å². The first-order chi connectivity index (χ1) is 9.95. The Hall–Kier alpha value is -1.40. The Balaban J connectivity index is 2.45. The average Bonchev–Trinajstić information content (AvgIpc) is 2.44. The Morgan fingerprint density at radius 2 is 2.24 bits per heavy atom. The quantitative estimate of drug-likeness (QED) is 0.900. The largest absolute Gasteiger partial charge is 0.479 e. The lowest BCUT2D eigenvalue weighted by molar-refractivity contribution is -0.173. The maximum atomic E-state index is 12.1. The standard InChI is InChI=1S/C15H18BrNO4/c1-3-6-17-12(18)8-21-14(15(19)20)13(17)10-4-5-11(16)9(2)7-10/h4-5,7,13-14H,3,6,8H2,1-2H3,(H,19,20). The molecular weight excluding hydrogens is 338 g/mol. The van der Waals surface area contributed by atoms with Crippen LogP contribution in [0.5, 0.6) is 0 Å². The van der Waals surface area contributed by atoms with E-state index in [0.29, 0.717) is 6.54 Å². The molecule has 1 amide bonds. The van der Waals surface area contributed by atoms with Gasteiger partial charge in [-0.1, -0.05) is 35.0 Å². The molecule has 0 aromatic heterocycles. The highest BCUT2D eigenvalue weighted by Gasteiger charge is 2.41. The summed E-state index contributed by atoms with van der Waals surface area (Å²) in [6.07, 6.45) is -0.265. The number of ether oxygens (including phenoxy) is 1. The minimum atomic E-state index is -1.05. The Morgan fingerprint density at radius 1 is 1.52 bits per heavy atom. The lowest BCUT2D eigenvalue weighted by Gasteiger charge is -2.39. The fourth-order valence-electron chi connectivity index (χ4n) is 2.57. The number of aryl methyl sites for hydroxylation is 1. The lowest BCUT2D eigenvalue weighted by Crippen LogP contribution is -2.52. The van der Waals surface area contributed by atoms with Crippen LogP contribution in [0, 0.1) is 6.92 Å². The third kappa shape index (κ3) is 3.27. The topological polar surface area (TPSA) is 66.8 Å².